The van der Waals surface area contributed by atoms with Crippen molar-refractivity contribution in [1.82, 2.24) is 0 Å². The van der Waals surface area contributed by atoms with Crippen molar-refractivity contribution in [2.45, 2.75) is 19.3 Å². The molecule has 3 N–H and O–H groups in total. The van der Waals surface area contributed by atoms with Gasteiger partial charge in [0, 0.05) is 11.0 Å². The number of benzene rings is 2. The molecule has 1 spiro atoms. The van der Waals surface area contributed by atoms with Gasteiger partial charge in [-0.25, -0.2) is 0 Å². The lowest BCUT2D eigenvalue weighted by Crippen LogP contribution is -2.29. The quantitative estimate of drug-likeness (QED) is 0.513. The summed E-state index contributed by atoms with van der Waals surface area (Å²) in [5, 5.41) is 32.4. The molecule has 4 rings (SSSR count). The van der Waals surface area contributed by atoms with Crippen molar-refractivity contribution in [2.24, 2.45) is 10.6 Å². The molecule has 0 aliphatic heterocycles. The number of phenolic OH excluding ortho intramolecular Hbond substituents is 2. The Hall–Kier alpha value is -2.49. The Kier molecular flexibility index (Phi) is 2.34. The fourth-order valence-electron chi connectivity index (χ4n) is 3.88. The van der Waals surface area contributed by atoms with E-state index in [4.69, 9.17) is 0 Å². The average molecular weight is 281 g/mol. The second-order valence-electron chi connectivity index (χ2n) is 6.05. The lowest BCUT2D eigenvalue weighted by atomic mass is 9.80. The Morgan fingerprint density at radius 1 is 0.810 bits per heavy atom. The summed E-state index contributed by atoms with van der Waals surface area (Å²) in [6.07, 6.45) is 2.27. The minimum atomic E-state index is -0.263. The van der Waals surface area contributed by atoms with E-state index in [0.717, 1.165) is 36.0 Å². The Labute approximate surface area is 122 Å². The van der Waals surface area contributed by atoms with E-state index in [1.54, 1.807) is 24.3 Å². The zero-order valence-corrected chi connectivity index (χ0v) is 11.4. The summed E-state index contributed by atoms with van der Waals surface area (Å²) in [5.41, 5.74) is 4.64. The predicted octanol–water partition coefficient (Wildman–Crippen LogP) is 2.62. The van der Waals surface area contributed by atoms with E-state index < -0.39 is 0 Å². The van der Waals surface area contributed by atoms with Crippen LogP contribution in [0.5, 0.6) is 11.5 Å². The minimum absolute atomic E-state index is 0.233. The van der Waals surface area contributed by atoms with E-state index in [1.807, 2.05) is 12.1 Å². The van der Waals surface area contributed by atoms with E-state index >= 15 is 0 Å². The van der Waals surface area contributed by atoms with Crippen LogP contribution in [0.2, 0.25) is 0 Å². The average Bonchev–Trinajstić information content (AvgIpc) is 2.94. The van der Waals surface area contributed by atoms with Crippen molar-refractivity contribution >= 4 is 5.71 Å². The third kappa shape index (κ3) is 1.65. The van der Waals surface area contributed by atoms with E-state index in [-0.39, 0.29) is 16.9 Å². The van der Waals surface area contributed by atoms with E-state index in [9.17, 15) is 15.4 Å². The molecule has 2 aliphatic carbocycles. The molecule has 106 valence electrons. The summed E-state index contributed by atoms with van der Waals surface area (Å²) >= 11 is 0. The van der Waals surface area contributed by atoms with Gasteiger partial charge < -0.3 is 15.4 Å². The molecule has 21 heavy (non-hydrogen) atoms. The number of rotatable bonds is 0. The van der Waals surface area contributed by atoms with Gasteiger partial charge in [-0.05, 0) is 66.3 Å². The van der Waals surface area contributed by atoms with Crippen LogP contribution in [0.4, 0.5) is 0 Å². The SMILES string of the molecule is ON=C1c2ccc(O)cc2CC12Cc1ccc(O)cc1C2. The largest absolute Gasteiger partial charge is 0.508 e. The Bertz CT molecular complexity index is 778. The number of hydrogen-bond donors (Lipinski definition) is 3. The van der Waals surface area contributed by atoms with Gasteiger partial charge in [0.25, 0.3) is 0 Å². The van der Waals surface area contributed by atoms with Gasteiger partial charge in [-0.3, -0.25) is 0 Å². The van der Waals surface area contributed by atoms with Crippen LogP contribution in [0, 0.1) is 5.41 Å². The standard InChI is InChI=1S/C17H15NO3/c19-13-2-1-10-7-17(8-11(10)5-13)9-12-6-14(20)3-4-15(12)16(17)18-21/h1-6,19-21H,7-9H2. The van der Waals surface area contributed by atoms with Crippen molar-refractivity contribution in [3.05, 3.63) is 58.7 Å². The number of hydrogen-bond acceptors (Lipinski definition) is 4. The number of fused-ring (bicyclic) bond motifs is 2. The maximum absolute atomic E-state index is 9.66. The lowest BCUT2D eigenvalue weighted by Gasteiger charge is -2.22. The van der Waals surface area contributed by atoms with Gasteiger partial charge in [-0.15, -0.1) is 0 Å². The molecule has 4 heteroatoms. The fraction of sp³-hybridized carbons (Fsp3) is 0.235. The van der Waals surface area contributed by atoms with Crippen LogP contribution >= 0.6 is 0 Å². The minimum Gasteiger partial charge on any atom is -0.508 e. The smallest absolute Gasteiger partial charge is 0.115 e. The second kappa shape index (κ2) is 4.01. The van der Waals surface area contributed by atoms with Crippen molar-refractivity contribution < 1.29 is 15.4 Å². The highest BCUT2D eigenvalue weighted by atomic mass is 16.4. The maximum atomic E-state index is 9.66. The summed E-state index contributed by atoms with van der Waals surface area (Å²) in [4.78, 5) is 0. The van der Waals surface area contributed by atoms with Crippen LogP contribution in [0.25, 0.3) is 0 Å². The highest BCUT2D eigenvalue weighted by Crippen LogP contribution is 2.48. The first-order chi connectivity index (χ1) is 10.1. The van der Waals surface area contributed by atoms with Crippen LogP contribution in [0.15, 0.2) is 41.6 Å². The molecule has 0 saturated carbocycles. The van der Waals surface area contributed by atoms with Gasteiger partial charge in [0.2, 0.25) is 0 Å². The van der Waals surface area contributed by atoms with E-state index in [2.05, 4.69) is 5.16 Å². The molecule has 0 bridgehead atoms. The van der Waals surface area contributed by atoms with Crippen LogP contribution < -0.4 is 0 Å². The highest BCUT2D eigenvalue weighted by Gasteiger charge is 2.47. The molecule has 0 amide bonds. The van der Waals surface area contributed by atoms with Crippen molar-refractivity contribution in [2.75, 3.05) is 0 Å². The molecular weight excluding hydrogens is 266 g/mol. The Morgan fingerprint density at radius 2 is 1.43 bits per heavy atom. The molecule has 1 unspecified atom stereocenters. The van der Waals surface area contributed by atoms with Gasteiger partial charge >= 0.3 is 0 Å². The van der Waals surface area contributed by atoms with Crippen LogP contribution in [-0.2, 0) is 19.3 Å². The summed E-state index contributed by atoms with van der Waals surface area (Å²) in [7, 11) is 0. The third-order valence-electron chi connectivity index (χ3n) is 4.72. The molecule has 0 aromatic heterocycles. The van der Waals surface area contributed by atoms with Gasteiger partial charge in [-0.1, -0.05) is 11.2 Å². The third-order valence-corrected chi connectivity index (χ3v) is 4.72. The predicted molar refractivity (Wildman–Crippen MR) is 78.1 cm³/mol. The lowest BCUT2D eigenvalue weighted by molar-refractivity contribution is 0.307. The zero-order chi connectivity index (χ0) is 14.6. The van der Waals surface area contributed by atoms with Gasteiger partial charge in [-0.2, -0.15) is 0 Å². The molecule has 0 radical (unpaired) electrons. The van der Waals surface area contributed by atoms with Gasteiger partial charge in [0.15, 0.2) is 0 Å². The van der Waals surface area contributed by atoms with Crippen molar-refractivity contribution in [3.8, 4) is 11.5 Å². The monoisotopic (exact) mass is 281 g/mol. The summed E-state index contributed by atoms with van der Waals surface area (Å²) in [6, 6.07) is 10.6. The van der Waals surface area contributed by atoms with Gasteiger partial charge in [0.05, 0.1) is 5.71 Å². The number of aromatic hydroxyl groups is 2. The maximum Gasteiger partial charge on any atom is 0.115 e. The molecule has 0 saturated heterocycles. The molecule has 4 nitrogen and oxygen atoms in total. The molecule has 1 atom stereocenters. The number of nitrogens with zero attached hydrogens (tertiary/aromatic N) is 1. The summed E-state index contributed by atoms with van der Waals surface area (Å²) in [6.45, 7) is 0. The van der Waals surface area contributed by atoms with Crippen LogP contribution in [0.1, 0.15) is 22.3 Å². The van der Waals surface area contributed by atoms with Crippen molar-refractivity contribution in [3.63, 3.8) is 0 Å². The molecule has 0 heterocycles. The molecule has 2 aliphatic rings. The first kappa shape index (κ1) is 12.3. The Morgan fingerprint density at radius 3 is 2.19 bits per heavy atom. The summed E-state index contributed by atoms with van der Waals surface area (Å²) in [5.74, 6) is 0.498. The molecular formula is C17H15NO3. The fourth-order valence-corrected chi connectivity index (χ4v) is 3.88. The summed E-state index contributed by atoms with van der Waals surface area (Å²) < 4.78 is 0. The normalized spacial score (nSPS) is 24.5. The number of oxime groups is 1. The first-order valence-corrected chi connectivity index (χ1v) is 6.97. The topological polar surface area (TPSA) is 73.1 Å². The zero-order valence-electron chi connectivity index (χ0n) is 11.4. The highest BCUT2D eigenvalue weighted by molar-refractivity contribution is 6.09. The van der Waals surface area contributed by atoms with Crippen molar-refractivity contribution in [1.29, 1.82) is 0 Å². The first-order valence-electron chi connectivity index (χ1n) is 6.97. The van der Waals surface area contributed by atoms with E-state index in [1.165, 1.54) is 5.56 Å². The Balaban J connectivity index is 1.82. The molecule has 2 aromatic carbocycles. The second-order valence-corrected chi connectivity index (χ2v) is 6.05. The molecule has 0 fully saturated rings. The number of phenols is 2. The van der Waals surface area contributed by atoms with Crippen LogP contribution in [-0.4, -0.2) is 21.1 Å². The van der Waals surface area contributed by atoms with Crippen LogP contribution in [0.3, 0.4) is 0 Å². The van der Waals surface area contributed by atoms with Gasteiger partial charge in [0.1, 0.15) is 11.5 Å². The molecule has 2 aromatic rings. The van der Waals surface area contributed by atoms with E-state index in [0.29, 0.717) is 5.71 Å².